The number of carbonyl (C=O) groups is 2. The molecule has 2 amide bonds. The van der Waals surface area contributed by atoms with Crippen molar-refractivity contribution in [2.75, 3.05) is 34.2 Å². The largest absolute Gasteiger partial charge is 0.467 e. The summed E-state index contributed by atoms with van der Waals surface area (Å²) in [6.45, 7) is 1.07. The van der Waals surface area contributed by atoms with Crippen LogP contribution in [0, 0.1) is 0 Å². The van der Waals surface area contributed by atoms with Gasteiger partial charge in [0.2, 0.25) is 5.91 Å². The molecular formula is C20H28IN5O3. The number of hydrogen-bond donors (Lipinski definition) is 3. The highest BCUT2D eigenvalue weighted by Gasteiger charge is 2.08. The first-order valence-electron chi connectivity index (χ1n) is 9.03. The highest BCUT2D eigenvalue weighted by atomic mass is 127. The normalized spacial score (nSPS) is 10.7. The van der Waals surface area contributed by atoms with E-state index >= 15 is 0 Å². The zero-order valence-corrected chi connectivity index (χ0v) is 19.2. The minimum Gasteiger partial charge on any atom is -0.467 e. The third-order valence-corrected chi connectivity index (χ3v) is 3.97. The lowest BCUT2D eigenvalue weighted by molar-refractivity contribution is -0.120. The van der Waals surface area contributed by atoms with E-state index in [1.807, 2.05) is 18.2 Å². The van der Waals surface area contributed by atoms with Crippen LogP contribution in [0.25, 0.3) is 0 Å². The molecule has 0 bridgehead atoms. The monoisotopic (exact) mass is 513 g/mol. The first kappa shape index (κ1) is 24.5. The van der Waals surface area contributed by atoms with Crippen LogP contribution >= 0.6 is 24.0 Å². The average molecular weight is 513 g/mol. The molecule has 2 rings (SSSR count). The maximum atomic E-state index is 12.0. The fraction of sp³-hybridized carbons (Fsp3) is 0.350. The average Bonchev–Trinajstić information content (AvgIpc) is 3.22. The maximum absolute atomic E-state index is 12.0. The summed E-state index contributed by atoms with van der Waals surface area (Å²) in [4.78, 5) is 29.6. The van der Waals surface area contributed by atoms with E-state index in [4.69, 9.17) is 4.42 Å². The van der Waals surface area contributed by atoms with Crippen LogP contribution in [0.15, 0.2) is 52.1 Å². The number of hydrogen-bond acceptors (Lipinski definition) is 4. The smallest absolute Gasteiger partial charge is 0.253 e. The van der Waals surface area contributed by atoms with Crippen LogP contribution in [0.2, 0.25) is 0 Å². The summed E-state index contributed by atoms with van der Waals surface area (Å²) in [6, 6.07) is 11.1. The highest BCUT2D eigenvalue weighted by molar-refractivity contribution is 14.0. The van der Waals surface area contributed by atoms with E-state index in [0.29, 0.717) is 30.4 Å². The van der Waals surface area contributed by atoms with Gasteiger partial charge in [-0.25, -0.2) is 0 Å². The number of furan rings is 1. The maximum Gasteiger partial charge on any atom is 0.253 e. The van der Waals surface area contributed by atoms with Gasteiger partial charge in [0.25, 0.3) is 5.91 Å². The van der Waals surface area contributed by atoms with E-state index in [2.05, 4.69) is 20.9 Å². The molecule has 0 saturated heterocycles. The number of amides is 2. The third kappa shape index (κ3) is 8.55. The molecule has 9 heteroatoms. The molecule has 0 unspecified atom stereocenters. The Bertz CT molecular complexity index is 806. The quantitative estimate of drug-likeness (QED) is 0.283. The van der Waals surface area contributed by atoms with Crippen molar-refractivity contribution >= 4 is 41.8 Å². The van der Waals surface area contributed by atoms with Gasteiger partial charge in [-0.15, -0.1) is 24.0 Å². The molecule has 0 spiro atoms. The second-order valence-electron chi connectivity index (χ2n) is 6.36. The van der Waals surface area contributed by atoms with E-state index < -0.39 is 0 Å². The number of carbonyl (C=O) groups excluding carboxylic acids is 2. The lowest BCUT2D eigenvalue weighted by Gasteiger charge is -2.13. The Labute approximate surface area is 188 Å². The summed E-state index contributed by atoms with van der Waals surface area (Å²) >= 11 is 0. The van der Waals surface area contributed by atoms with E-state index in [-0.39, 0.29) is 42.3 Å². The molecule has 1 heterocycles. The van der Waals surface area contributed by atoms with Gasteiger partial charge in [0.15, 0.2) is 5.96 Å². The van der Waals surface area contributed by atoms with Crippen LogP contribution in [-0.2, 0) is 17.8 Å². The van der Waals surface area contributed by atoms with Crippen molar-refractivity contribution in [1.29, 1.82) is 0 Å². The van der Waals surface area contributed by atoms with Gasteiger partial charge in [-0.1, -0.05) is 12.1 Å². The number of benzene rings is 1. The molecule has 0 aliphatic carbocycles. The zero-order valence-electron chi connectivity index (χ0n) is 16.9. The molecule has 29 heavy (non-hydrogen) atoms. The minimum atomic E-state index is -0.158. The number of nitrogens with zero attached hydrogens (tertiary/aromatic N) is 2. The topological polar surface area (TPSA) is 99.0 Å². The van der Waals surface area contributed by atoms with Gasteiger partial charge < -0.3 is 25.3 Å². The van der Waals surface area contributed by atoms with Crippen LogP contribution in [0.3, 0.4) is 0 Å². The predicted octanol–water partition coefficient (Wildman–Crippen LogP) is 1.62. The first-order valence-corrected chi connectivity index (χ1v) is 9.03. The lowest BCUT2D eigenvalue weighted by atomic mass is 10.1. The van der Waals surface area contributed by atoms with Crippen molar-refractivity contribution in [2.24, 2.45) is 4.99 Å². The molecule has 1 aromatic heterocycles. The van der Waals surface area contributed by atoms with Gasteiger partial charge >= 0.3 is 0 Å². The molecule has 0 fully saturated rings. The Morgan fingerprint density at radius 1 is 1.10 bits per heavy atom. The Kier molecular flexibility index (Phi) is 10.8. The highest BCUT2D eigenvalue weighted by Crippen LogP contribution is 2.07. The summed E-state index contributed by atoms with van der Waals surface area (Å²) in [5.74, 6) is 1.06. The van der Waals surface area contributed by atoms with Gasteiger partial charge in [-0.3, -0.25) is 14.6 Å². The van der Waals surface area contributed by atoms with Crippen LogP contribution in [0.1, 0.15) is 21.7 Å². The van der Waals surface area contributed by atoms with Gasteiger partial charge in [-0.2, -0.15) is 0 Å². The molecule has 0 aliphatic heterocycles. The van der Waals surface area contributed by atoms with Gasteiger partial charge in [-0.05, 0) is 36.2 Å². The van der Waals surface area contributed by atoms with E-state index in [1.54, 1.807) is 50.5 Å². The number of aliphatic imine (C=N–C) groups is 1. The Morgan fingerprint density at radius 2 is 1.90 bits per heavy atom. The van der Waals surface area contributed by atoms with Gasteiger partial charge in [0.05, 0.1) is 19.4 Å². The van der Waals surface area contributed by atoms with Crippen molar-refractivity contribution in [3.63, 3.8) is 0 Å². The molecule has 158 valence electrons. The Balaban J connectivity index is 0.00000420. The zero-order chi connectivity index (χ0) is 20.4. The van der Waals surface area contributed by atoms with Crippen molar-refractivity contribution in [1.82, 2.24) is 20.9 Å². The van der Waals surface area contributed by atoms with Crippen molar-refractivity contribution in [3.8, 4) is 0 Å². The van der Waals surface area contributed by atoms with Gasteiger partial charge in [0.1, 0.15) is 5.76 Å². The molecule has 0 radical (unpaired) electrons. The second-order valence-corrected chi connectivity index (χ2v) is 6.36. The summed E-state index contributed by atoms with van der Waals surface area (Å²) in [5.41, 5.74) is 1.71. The second kappa shape index (κ2) is 12.8. The van der Waals surface area contributed by atoms with Crippen LogP contribution in [0.4, 0.5) is 0 Å². The third-order valence-electron chi connectivity index (χ3n) is 3.97. The number of halogens is 1. The van der Waals surface area contributed by atoms with Crippen molar-refractivity contribution in [2.45, 2.75) is 13.0 Å². The number of rotatable bonds is 8. The Morgan fingerprint density at radius 3 is 2.55 bits per heavy atom. The molecule has 2 aromatic rings. The lowest BCUT2D eigenvalue weighted by Crippen LogP contribution is -2.43. The summed E-state index contributed by atoms with van der Waals surface area (Å²) < 4.78 is 5.17. The molecule has 3 N–H and O–H groups in total. The standard InChI is InChI=1S/C20H27N5O3.HI/c1-21-20(24-14-18(26)23-13-17-8-5-11-28-17)22-10-9-15-6-4-7-16(12-15)19(27)25(2)3;/h4-8,11-12H,9-10,13-14H2,1-3H3,(H,23,26)(H2,21,22,24);1H. The number of nitrogens with one attached hydrogen (secondary N) is 3. The fourth-order valence-corrected chi connectivity index (χ4v) is 2.49. The van der Waals surface area contributed by atoms with Crippen LogP contribution < -0.4 is 16.0 Å². The Hall–Kier alpha value is -2.56. The van der Waals surface area contributed by atoms with Crippen LogP contribution in [0.5, 0.6) is 0 Å². The van der Waals surface area contributed by atoms with Crippen LogP contribution in [-0.4, -0.2) is 56.9 Å². The first-order chi connectivity index (χ1) is 13.5. The van der Waals surface area contributed by atoms with E-state index in [0.717, 1.165) is 12.0 Å². The van der Waals surface area contributed by atoms with Crippen molar-refractivity contribution < 1.29 is 14.0 Å². The van der Waals surface area contributed by atoms with E-state index in [1.165, 1.54) is 0 Å². The molecular weight excluding hydrogens is 485 g/mol. The molecule has 0 saturated carbocycles. The summed E-state index contributed by atoms with van der Waals surface area (Å²) in [5, 5.41) is 8.88. The summed E-state index contributed by atoms with van der Waals surface area (Å²) in [7, 11) is 5.11. The molecule has 1 aromatic carbocycles. The molecule has 8 nitrogen and oxygen atoms in total. The molecule has 0 aliphatic rings. The molecule has 0 atom stereocenters. The fourth-order valence-electron chi connectivity index (χ4n) is 2.49. The van der Waals surface area contributed by atoms with Crippen molar-refractivity contribution in [3.05, 3.63) is 59.5 Å². The summed E-state index contributed by atoms with van der Waals surface area (Å²) in [6.07, 6.45) is 2.29. The predicted molar refractivity (Wildman–Crippen MR) is 123 cm³/mol. The van der Waals surface area contributed by atoms with E-state index in [9.17, 15) is 9.59 Å². The minimum absolute atomic E-state index is 0. The SMILES string of the molecule is CN=C(NCCc1cccc(C(=O)N(C)C)c1)NCC(=O)NCc1ccco1.I. The number of guanidine groups is 1. The van der Waals surface area contributed by atoms with Gasteiger partial charge in [0, 0.05) is 33.3 Å².